The zero-order valence-corrected chi connectivity index (χ0v) is 10.3. The summed E-state index contributed by atoms with van der Waals surface area (Å²) in [6.45, 7) is 8.58. The number of hydrogen-bond donors (Lipinski definition) is 1. The van der Waals surface area contributed by atoms with Gasteiger partial charge in [-0.15, -0.1) is 6.58 Å². The molecule has 0 aliphatic rings. The molecule has 0 fully saturated rings. The Morgan fingerprint density at radius 3 is 2.31 bits per heavy atom. The average molecular weight is 218 g/mol. The van der Waals surface area contributed by atoms with Crippen LogP contribution in [0.3, 0.4) is 0 Å². The van der Waals surface area contributed by atoms with Crippen LogP contribution < -0.4 is 0 Å². The Hall–Kier alpha value is -1.08. The van der Waals surface area contributed by atoms with E-state index in [4.69, 9.17) is 0 Å². The third-order valence-corrected chi connectivity index (χ3v) is 3.17. The monoisotopic (exact) mass is 218 g/mol. The van der Waals surface area contributed by atoms with Crippen LogP contribution in [0.25, 0.3) is 0 Å². The summed E-state index contributed by atoms with van der Waals surface area (Å²) in [7, 11) is 0. The molecule has 0 radical (unpaired) electrons. The molecule has 1 aromatic carbocycles. The van der Waals surface area contributed by atoms with Gasteiger partial charge in [0, 0.05) is 6.61 Å². The zero-order valence-electron chi connectivity index (χ0n) is 10.3. The van der Waals surface area contributed by atoms with Crippen molar-refractivity contribution < 1.29 is 5.11 Å². The van der Waals surface area contributed by atoms with E-state index in [2.05, 4.69) is 44.7 Å². The molecule has 0 saturated heterocycles. The SMILES string of the molecule is C=CC(C(C)C)C(CCO)c1ccccc1. The Labute approximate surface area is 98.8 Å². The quantitative estimate of drug-likeness (QED) is 0.723. The molecule has 0 aliphatic heterocycles. The summed E-state index contributed by atoms with van der Waals surface area (Å²) in [5.41, 5.74) is 1.30. The molecule has 0 amide bonds. The Morgan fingerprint density at radius 2 is 1.88 bits per heavy atom. The number of aliphatic hydroxyl groups excluding tert-OH is 1. The molecule has 1 N–H and O–H groups in total. The average Bonchev–Trinajstić information content (AvgIpc) is 2.29. The van der Waals surface area contributed by atoms with Crippen molar-refractivity contribution in [2.45, 2.75) is 26.2 Å². The molecule has 0 bridgehead atoms. The highest BCUT2D eigenvalue weighted by Gasteiger charge is 2.22. The lowest BCUT2D eigenvalue weighted by Gasteiger charge is -2.27. The number of allylic oxidation sites excluding steroid dienone is 1. The van der Waals surface area contributed by atoms with Gasteiger partial charge in [0.25, 0.3) is 0 Å². The standard InChI is InChI=1S/C15H22O/c1-4-14(12(2)3)15(10-11-16)13-8-6-5-7-9-13/h4-9,12,14-16H,1,10-11H2,2-3H3. The van der Waals surface area contributed by atoms with Gasteiger partial charge in [-0.3, -0.25) is 0 Å². The van der Waals surface area contributed by atoms with Gasteiger partial charge in [-0.25, -0.2) is 0 Å². The van der Waals surface area contributed by atoms with E-state index in [9.17, 15) is 5.11 Å². The van der Waals surface area contributed by atoms with Gasteiger partial charge in [-0.1, -0.05) is 50.3 Å². The normalized spacial score (nSPS) is 14.8. The fourth-order valence-corrected chi connectivity index (χ4v) is 2.32. The molecule has 1 nitrogen and oxygen atoms in total. The van der Waals surface area contributed by atoms with Crippen molar-refractivity contribution in [3.63, 3.8) is 0 Å². The lowest BCUT2D eigenvalue weighted by molar-refractivity contribution is 0.250. The Morgan fingerprint density at radius 1 is 1.25 bits per heavy atom. The fraction of sp³-hybridized carbons (Fsp3) is 0.467. The molecule has 2 unspecified atom stereocenters. The fourth-order valence-electron chi connectivity index (χ4n) is 2.32. The van der Waals surface area contributed by atoms with Crippen molar-refractivity contribution in [3.8, 4) is 0 Å². The number of benzene rings is 1. The zero-order chi connectivity index (χ0) is 12.0. The van der Waals surface area contributed by atoms with Gasteiger partial charge < -0.3 is 5.11 Å². The van der Waals surface area contributed by atoms with Crippen LogP contribution in [0.4, 0.5) is 0 Å². The Kier molecular flexibility index (Phi) is 5.27. The van der Waals surface area contributed by atoms with Crippen LogP contribution in [0, 0.1) is 11.8 Å². The van der Waals surface area contributed by atoms with Crippen LogP contribution in [0.2, 0.25) is 0 Å². The van der Waals surface area contributed by atoms with Crippen LogP contribution in [-0.2, 0) is 0 Å². The van der Waals surface area contributed by atoms with Gasteiger partial charge in [-0.2, -0.15) is 0 Å². The summed E-state index contributed by atoms with van der Waals surface area (Å²) in [6.07, 6.45) is 2.83. The highest BCUT2D eigenvalue weighted by Crippen LogP contribution is 2.33. The lowest BCUT2D eigenvalue weighted by atomic mass is 9.78. The van der Waals surface area contributed by atoms with Crippen LogP contribution in [0.1, 0.15) is 31.7 Å². The summed E-state index contributed by atoms with van der Waals surface area (Å²) >= 11 is 0. The predicted molar refractivity (Wildman–Crippen MR) is 69.4 cm³/mol. The van der Waals surface area contributed by atoms with E-state index < -0.39 is 0 Å². The molecule has 1 rings (SSSR count). The molecule has 0 heterocycles. The van der Waals surface area contributed by atoms with Gasteiger partial charge in [0.2, 0.25) is 0 Å². The summed E-state index contributed by atoms with van der Waals surface area (Å²) in [5.74, 6) is 1.35. The molecule has 1 heteroatoms. The Balaban J connectivity index is 2.93. The summed E-state index contributed by atoms with van der Waals surface area (Å²) in [4.78, 5) is 0. The van der Waals surface area contributed by atoms with Gasteiger partial charge in [-0.05, 0) is 29.7 Å². The van der Waals surface area contributed by atoms with Gasteiger partial charge in [0.1, 0.15) is 0 Å². The molecule has 0 aromatic heterocycles. The molecule has 16 heavy (non-hydrogen) atoms. The van der Waals surface area contributed by atoms with E-state index in [1.807, 2.05) is 12.1 Å². The highest BCUT2D eigenvalue weighted by atomic mass is 16.3. The first-order chi connectivity index (χ1) is 7.70. The minimum absolute atomic E-state index is 0.233. The van der Waals surface area contributed by atoms with Crippen LogP contribution >= 0.6 is 0 Å². The van der Waals surface area contributed by atoms with Crippen LogP contribution in [-0.4, -0.2) is 11.7 Å². The molecule has 0 aliphatic carbocycles. The maximum atomic E-state index is 9.19. The molecule has 2 atom stereocenters. The maximum absolute atomic E-state index is 9.19. The lowest BCUT2D eigenvalue weighted by Crippen LogP contribution is -2.17. The largest absolute Gasteiger partial charge is 0.396 e. The molecule has 0 spiro atoms. The van der Waals surface area contributed by atoms with Gasteiger partial charge in [0.05, 0.1) is 0 Å². The first kappa shape index (κ1) is 13.0. The number of aliphatic hydroxyl groups is 1. The van der Waals surface area contributed by atoms with Crippen molar-refractivity contribution in [2.24, 2.45) is 11.8 Å². The maximum Gasteiger partial charge on any atom is 0.0437 e. The minimum atomic E-state index is 0.233. The summed E-state index contributed by atoms with van der Waals surface area (Å²) < 4.78 is 0. The van der Waals surface area contributed by atoms with E-state index in [0.29, 0.717) is 17.8 Å². The smallest absolute Gasteiger partial charge is 0.0437 e. The number of hydrogen-bond acceptors (Lipinski definition) is 1. The van der Waals surface area contributed by atoms with E-state index in [-0.39, 0.29) is 6.61 Å². The van der Waals surface area contributed by atoms with Crippen LogP contribution in [0.5, 0.6) is 0 Å². The molecule has 1 aromatic rings. The second kappa shape index (κ2) is 6.49. The Bertz CT molecular complexity index is 302. The second-order valence-corrected chi connectivity index (χ2v) is 4.59. The predicted octanol–water partition coefficient (Wildman–Crippen LogP) is 3.61. The number of rotatable bonds is 6. The van der Waals surface area contributed by atoms with Crippen molar-refractivity contribution >= 4 is 0 Å². The summed E-state index contributed by atoms with van der Waals surface area (Å²) in [6, 6.07) is 10.4. The topological polar surface area (TPSA) is 20.2 Å². The van der Waals surface area contributed by atoms with Crippen molar-refractivity contribution in [3.05, 3.63) is 48.6 Å². The second-order valence-electron chi connectivity index (χ2n) is 4.59. The van der Waals surface area contributed by atoms with Crippen molar-refractivity contribution in [1.82, 2.24) is 0 Å². The molecule has 88 valence electrons. The van der Waals surface area contributed by atoms with Gasteiger partial charge >= 0.3 is 0 Å². The van der Waals surface area contributed by atoms with E-state index >= 15 is 0 Å². The van der Waals surface area contributed by atoms with E-state index in [1.165, 1.54) is 5.56 Å². The van der Waals surface area contributed by atoms with Crippen LogP contribution in [0.15, 0.2) is 43.0 Å². The molecular formula is C15H22O. The highest BCUT2D eigenvalue weighted by molar-refractivity contribution is 5.21. The van der Waals surface area contributed by atoms with E-state index in [1.54, 1.807) is 0 Å². The van der Waals surface area contributed by atoms with Gasteiger partial charge in [0.15, 0.2) is 0 Å². The first-order valence-electron chi connectivity index (χ1n) is 5.99. The third-order valence-electron chi connectivity index (χ3n) is 3.17. The molecule has 0 saturated carbocycles. The first-order valence-corrected chi connectivity index (χ1v) is 5.99. The third kappa shape index (κ3) is 3.21. The van der Waals surface area contributed by atoms with E-state index in [0.717, 1.165) is 6.42 Å². The minimum Gasteiger partial charge on any atom is -0.396 e. The van der Waals surface area contributed by atoms with Crippen molar-refractivity contribution in [2.75, 3.05) is 6.61 Å². The molecular weight excluding hydrogens is 196 g/mol. The van der Waals surface area contributed by atoms with Crippen molar-refractivity contribution in [1.29, 1.82) is 0 Å². The summed E-state index contributed by atoms with van der Waals surface area (Å²) in [5, 5.41) is 9.19.